The Morgan fingerprint density at radius 1 is 1.47 bits per heavy atom. The predicted octanol–water partition coefficient (Wildman–Crippen LogP) is 0.188. The number of methoxy groups -OCH3 is 1. The summed E-state index contributed by atoms with van der Waals surface area (Å²) in [6, 6.07) is 0.343. The molecule has 2 aliphatic heterocycles. The topological polar surface area (TPSA) is 55.4 Å². The van der Waals surface area contributed by atoms with E-state index in [9.17, 15) is 8.42 Å². The second kappa shape index (κ2) is 4.39. The molecule has 5 heteroatoms. The molecule has 2 rings (SSSR count). The Labute approximate surface area is 91.3 Å². The number of hydrogen-bond acceptors (Lipinski definition) is 4. The first-order valence-corrected chi connectivity index (χ1v) is 7.29. The third-order valence-electron chi connectivity index (χ3n) is 3.53. The van der Waals surface area contributed by atoms with Gasteiger partial charge in [0, 0.05) is 13.2 Å². The van der Waals surface area contributed by atoms with Crippen molar-refractivity contribution < 1.29 is 13.2 Å². The number of sulfone groups is 1. The van der Waals surface area contributed by atoms with E-state index in [1.165, 1.54) is 0 Å². The van der Waals surface area contributed by atoms with Crippen LogP contribution >= 0.6 is 0 Å². The number of hydrogen-bond donors (Lipinski definition) is 1. The molecule has 2 saturated heterocycles. The summed E-state index contributed by atoms with van der Waals surface area (Å²) in [6.07, 6.45) is 2.64. The van der Waals surface area contributed by atoms with Gasteiger partial charge in [0.05, 0.1) is 17.6 Å². The van der Waals surface area contributed by atoms with Gasteiger partial charge in [0.1, 0.15) is 0 Å². The molecule has 0 amide bonds. The highest BCUT2D eigenvalue weighted by Crippen LogP contribution is 2.31. The zero-order valence-corrected chi connectivity index (χ0v) is 9.92. The van der Waals surface area contributed by atoms with Crippen LogP contribution in [-0.4, -0.2) is 45.7 Å². The van der Waals surface area contributed by atoms with Gasteiger partial charge in [-0.15, -0.1) is 0 Å². The highest BCUT2D eigenvalue weighted by molar-refractivity contribution is 7.92. The summed E-state index contributed by atoms with van der Waals surface area (Å²) in [7, 11) is -1.11. The van der Waals surface area contributed by atoms with E-state index in [1.54, 1.807) is 7.11 Å². The third-order valence-corrected chi connectivity index (χ3v) is 5.93. The Bertz CT molecular complexity index is 315. The quantitative estimate of drug-likeness (QED) is 0.756. The standard InChI is InChI=1S/C10H19NO3S/c1-14-7-9-5-8(6-11-9)10-3-2-4-15(10,12)13/h8-11H,2-7H2,1H3. The van der Waals surface area contributed by atoms with Gasteiger partial charge in [-0.1, -0.05) is 0 Å². The Balaban J connectivity index is 1.96. The molecule has 3 atom stereocenters. The minimum absolute atomic E-state index is 0.0909. The van der Waals surface area contributed by atoms with Crippen molar-refractivity contribution in [1.82, 2.24) is 5.32 Å². The first kappa shape index (κ1) is 11.4. The molecular weight excluding hydrogens is 214 g/mol. The van der Waals surface area contributed by atoms with Crippen molar-refractivity contribution in [2.24, 2.45) is 5.92 Å². The van der Waals surface area contributed by atoms with Crippen LogP contribution in [0.2, 0.25) is 0 Å². The number of ether oxygens (including phenoxy) is 1. The van der Waals surface area contributed by atoms with E-state index in [2.05, 4.69) is 5.32 Å². The second-order valence-electron chi connectivity index (χ2n) is 4.60. The molecule has 4 nitrogen and oxygen atoms in total. The van der Waals surface area contributed by atoms with Crippen molar-refractivity contribution in [3.05, 3.63) is 0 Å². The van der Waals surface area contributed by atoms with Gasteiger partial charge in [0.2, 0.25) is 0 Å². The Kier molecular flexibility index (Phi) is 3.33. The molecule has 2 fully saturated rings. The molecule has 0 aromatic rings. The van der Waals surface area contributed by atoms with E-state index in [0.29, 0.717) is 24.3 Å². The zero-order valence-electron chi connectivity index (χ0n) is 9.11. The maximum atomic E-state index is 11.8. The highest BCUT2D eigenvalue weighted by atomic mass is 32.2. The van der Waals surface area contributed by atoms with Crippen molar-refractivity contribution in [2.75, 3.05) is 26.0 Å². The van der Waals surface area contributed by atoms with Gasteiger partial charge >= 0.3 is 0 Å². The summed E-state index contributed by atoms with van der Waals surface area (Å²) in [5.41, 5.74) is 0. The maximum Gasteiger partial charge on any atom is 0.153 e. The van der Waals surface area contributed by atoms with Crippen LogP contribution in [0.25, 0.3) is 0 Å². The van der Waals surface area contributed by atoms with E-state index < -0.39 is 9.84 Å². The molecule has 0 radical (unpaired) electrons. The normalized spacial score (nSPS) is 39.7. The van der Waals surface area contributed by atoms with Crippen LogP contribution in [0.1, 0.15) is 19.3 Å². The van der Waals surface area contributed by atoms with Gasteiger partial charge in [-0.3, -0.25) is 0 Å². The summed E-state index contributed by atoms with van der Waals surface area (Å²) in [4.78, 5) is 0. The van der Waals surface area contributed by atoms with Crippen molar-refractivity contribution in [3.8, 4) is 0 Å². The van der Waals surface area contributed by atoms with Gasteiger partial charge in [0.15, 0.2) is 9.84 Å². The fourth-order valence-corrected chi connectivity index (χ4v) is 5.00. The van der Waals surface area contributed by atoms with E-state index in [1.807, 2.05) is 0 Å². The van der Waals surface area contributed by atoms with Gasteiger partial charge in [-0.05, 0) is 31.7 Å². The molecule has 0 aromatic heterocycles. The zero-order chi connectivity index (χ0) is 10.9. The first-order valence-electron chi connectivity index (χ1n) is 5.57. The number of nitrogens with one attached hydrogen (secondary N) is 1. The fraction of sp³-hybridized carbons (Fsp3) is 1.00. The lowest BCUT2D eigenvalue weighted by atomic mass is 9.99. The molecule has 2 aliphatic rings. The minimum atomic E-state index is -2.79. The van der Waals surface area contributed by atoms with Crippen LogP contribution in [0, 0.1) is 5.92 Å². The smallest absolute Gasteiger partial charge is 0.153 e. The van der Waals surface area contributed by atoms with Crippen molar-refractivity contribution in [2.45, 2.75) is 30.6 Å². The molecule has 0 saturated carbocycles. The van der Waals surface area contributed by atoms with Gasteiger partial charge in [-0.2, -0.15) is 0 Å². The molecule has 0 aliphatic carbocycles. The molecule has 0 bridgehead atoms. The lowest BCUT2D eigenvalue weighted by Gasteiger charge is -2.16. The van der Waals surface area contributed by atoms with Crippen molar-refractivity contribution in [1.29, 1.82) is 0 Å². The van der Waals surface area contributed by atoms with Crippen LogP contribution in [0.4, 0.5) is 0 Å². The largest absolute Gasteiger partial charge is 0.383 e. The van der Waals surface area contributed by atoms with Crippen LogP contribution in [0.15, 0.2) is 0 Å². The van der Waals surface area contributed by atoms with Crippen LogP contribution in [-0.2, 0) is 14.6 Å². The average molecular weight is 233 g/mol. The lowest BCUT2D eigenvalue weighted by Crippen LogP contribution is -2.27. The van der Waals surface area contributed by atoms with Gasteiger partial charge < -0.3 is 10.1 Å². The first-order chi connectivity index (χ1) is 7.13. The SMILES string of the molecule is COCC1CC(C2CCCS2(=O)=O)CN1. The van der Waals surface area contributed by atoms with Gasteiger partial charge in [-0.25, -0.2) is 8.42 Å². The molecular formula is C10H19NO3S. The molecule has 2 heterocycles. The van der Waals surface area contributed by atoms with Crippen LogP contribution in [0.5, 0.6) is 0 Å². The lowest BCUT2D eigenvalue weighted by molar-refractivity contribution is 0.172. The predicted molar refractivity (Wildman–Crippen MR) is 58.6 cm³/mol. The van der Waals surface area contributed by atoms with Crippen molar-refractivity contribution in [3.63, 3.8) is 0 Å². The Morgan fingerprint density at radius 2 is 2.27 bits per heavy atom. The molecule has 15 heavy (non-hydrogen) atoms. The molecule has 88 valence electrons. The third kappa shape index (κ3) is 2.34. The molecule has 3 unspecified atom stereocenters. The van der Waals surface area contributed by atoms with Crippen molar-refractivity contribution >= 4 is 9.84 Å². The van der Waals surface area contributed by atoms with Gasteiger partial charge in [0.25, 0.3) is 0 Å². The van der Waals surface area contributed by atoms with E-state index in [-0.39, 0.29) is 5.25 Å². The second-order valence-corrected chi connectivity index (χ2v) is 6.94. The molecule has 0 spiro atoms. The average Bonchev–Trinajstić information content (AvgIpc) is 2.72. The van der Waals surface area contributed by atoms with E-state index >= 15 is 0 Å². The van der Waals surface area contributed by atoms with Crippen LogP contribution < -0.4 is 5.32 Å². The summed E-state index contributed by atoms with van der Waals surface area (Å²) >= 11 is 0. The fourth-order valence-electron chi connectivity index (χ4n) is 2.81. The number of rotatable bonds is 3. The highest BCUT2D eigenvalue weighted by Gasteiger charge is 2.40. The van der Waals surface area contributed by atoms with E-state index in [4.69, 9.17) is 4.74 Å². The summed E-state index contributed by atoms with van der Waals surface area (Å²) in [6.45, 7) is 1.52. The minimum Gasteiger partial charge on any atom is -0.383 e. The maximum absolute atomic E-state index is 11.8. The van der Waals surface area contributed by atoms with E-state index in [0.717, 1.165) is 25.8 Å². The monoisotopic (exact) mass is 233 g/mol. The Morgan fingerprint density at radius 3 is 2.87 bits per heavy atom. The summed E-state index contributed by atoms with van der Waals surface area (Å²) < 4.78 is 28.6. The molecule has 0 aromatic carbocycles. The summed E-state index contributed by atoms with van der Waals surface area (Å²) in [5.74, 6) is 0.695. The Hall–Kier alpha value is -0.130. The molecule has 1 N–H and O–H groups in total. The summed E-state index contributed by atoms with van der Waals surface area (Å²) in [5, 5.41) is 3.24. The van der Waals surface area contributed by atoms with Crippen LogP contribution in [0.3, 0.4) is 0 Å².